The quantitative estimate of drug-likeness (QED) is 0.574. The lowest BCUT2D eigenvalue weighted by Crippen LogP contribution is -2.51. The Bertz CT molecular complexity index is 711. The summed E-state index contributed by atoms with van der Waals surface area (Å²) in [5.41, 5.74) is 2.38. The Morgan fingerprint density at radius 1 is 0.857 bits per heavy atom. The van der Waals surface area contributed by atoms with E-state index in [0.717, 1.165) is 0 Å². The number of hydrogen-bond donors (Lipinski definition) is 0. The van der Waals surface area contributed by atoms with E-state index in [1.54, 1.807) is 0 Å². The van der Waals surface area contributed by atoms with Crippen LogP contribution in [-0.4, -0.2) is 24.9 Å². The standard InChI is InChI=1S/C25H32O3/c1-4-11-23-25(27-17-22-14-9-6-10-15-22)20(3)19(2)24(28-23)18-26-16-21-12-7-5-8-13-21/h4-15,19-20,23-25H,16-18H2,1-3H3/t19-,20-,23+,24?,25?/m0/s1. The molecule has 1 aliphatic rings. The van der Waals surface area contributed by atoms with E-state index >= 15 is 0 Å². The van der Waals surface area contributed by atoms with Gasteiger partial charge in [-0.1, -0.05) is 86.7 Å². The molecule has 1 heterocycles. The molecule has 0 radical (unpaired) electrons. The lowest BCUT2D eigenvalue weighted by atomic mass is 9.81. The Morgan fingerprint density at radius 3 is 2.07 bits per heavy atom. The van der Waals surface area contributed by atoms with Gasteiger partial charge >= 0.3 is 0 Å². The van der Waals surface area contributed by atoms with Crippen molar-refractivity contribution in [3.05, 3.63) is 83.9 Å². The third kappa shape index (κ3) is 5.54. The number of rotatable bonds is 8. The number of allylic oxidation sites excluding steroid dienone is 1. The molecule has 0 N–H and O–H groups in total. The molecular weight excluding hydrogens is 348 g/mol. The molecule has 1 saturated heterocycles. The molecule has 0 bridgehead atoms. The van der Waals surface area contributed by atoms with Gasteiger partial charge in [-0.15, -0.1) is 0 Å². The summed E-state index contributed by atoms with van der Waals surface area (Å²) in [5.74, 6) is 0.738. The fourth-order valence-corrected chi connectivity index (χ4v) is 3.76. The van der Waals surface area contributed by atoms with E-state index in [0.29, 0.717) is 31.7 Å². The predicted molar refractivity (Wildman–Crippen MR) is 113 cm³/mol. The van der Waals surface area contributed by atoms with Gasteiger partial charge in [-0.05, 0) is 29.9 Å². The Morgan fingerprint density at radius 2 is 1.46 bits per heavy atom. The van der Waals surface area contributed by atoms with Crippen LogP contribution in [0, 0.1) is 11.8 Å². The van der Waals surface area contributed by atoms with Crippen molar-refractivity contribution in [1.82, 2.24) is 0 Å². The zero-order valence-electron chi connectivity index (χ0n) is 17.2. The Hall–Kier alpha value is -1.94. The average Bonchev–Trinajstić information content (AvgIpc) is 2.73. The number of hydrogen-bond acceptors (Lipinski definition) is 3. The van der Waals surface area contributed by atoms with Crippen LogP contribution in [-0.2, 0) is 27.4 Å². The minimum atomic E-state index is -0.0507. The van der Waals surface area contributed by atoms with Crippen LogP contribution in [0.25, 0.3) is 0 Å². The molecule has 0 saturated carbocycles. The first-order valence-electron chi connectivity index (χ1n) is 10.2. The van der Waals surface area contributed by atoms with Crippen LogP contribution < -0.4 is 0 Å². The van der Waals surface area contributed by atoms with E-state index in [-0.39, 0.29) is 18.3 Å². The van der Waals surface area contributed by atoms with Crippen molar-refractivity contribution in [3.63, 3.8) is 0 Å². The summed E-state index contributed by atoms with van der Waals surface area (Å²) in [6.45, 7) is 8.36. The first-order chi connectivity index (χ1) is 13.7. The molecule has 0 aromatic heterocycles. The molecule has 0 spiro atoms. The molecule has 2 unspecified atom stereocenters. The molecule has 0 aliphatic carbocycles. The van der Waals surface area contributed by atoms with E-state index < -0.39 is 0 Å². The van der Waals surface area contributed by atoms with Gasteiger partial charge < -0.3 is 14.2 Å². The maximum Gasteiger partial charge on any atom is 0.102 e. The minimum absolute atomic E-state index is 0.0387. The van der Waals surface area contributed by atoms with Gasteiger partial charge in [0.25, 0.3) is 0 Å². The Kier molecular flexibility index (Phi) is 7.84. The van der Waals surface area contributed by atoms with Crippen LogP contribution in [0.15, 0.2) is 72.8 Å². The third-order valence-electron chi connectivity index (χ3n) is 5.65. The summed E-state index contributed by atoms with van der Waals surface area (Å²) in [5, 5.41) is 0. The molecule has 2 aromatic carbocycles. The van der Waals surface area contributed by atoms with Gasteiger partial charge in [0.2, 0.25) is 0 Å². The summed E-state index contributed by atoms with van der Waals surface area (Å²) < 4.78 is 18.7. The summed E-state index contributed by atoms with van der Waals surface area (Å²) in [4.78, 5) is 0. The van der Waals surface area contributed by atoms with Gasteiger partial charge in [-0.3, -0.25) is 0 Å². The van der Waals surface area contributed by atoms with Crippen LogP contribution in [0.1, 0.15) is 31.9 Å². The molecule has 3 heteroatoms. The second-order valence-corrected chi connectivity index (χ2v) is 7.65. The highest BCUT2D eigenvalue weighted by molar-refractivity contribution is 5.14. The van der Waals surface area contributed by atoms with E-state index in [1.807, 2.05) is 49.4 Å². The van der Waals surface area contributed by atoms with Crippen molar-refractivity contribution in [1.29, 1.82) is 0 Å². The third-order valence-corrected chi connectivity index (χ3v) is 5.65. The van der Waals surface area contributed by atoms with Gasteiger partial charge in [-0.2, -0.15) is 0 Å². The highest BCUT2D eigenvalue weighted by Crippen LogP contribution is 2.34. The molecule has 1 aliphatic heterocycles. The average molecular weight is 381 g/mol. The predicted octanol–water partition coefficient (Wildman–Crippen LogP) is 5.40. The lowest BCUT2D eigenvalue weighted by Gasteiger charge is -2.43. The molecular formula is C25H32O3. The molecule has 150 valence electrons. The largest absolute Gasteiger partial charge is 0.374 e. The van der Waals surface area contributed by atoms with E-state index in [9.17, 15) is 0 Å². The summed E-state index contributed by atoms with van der Waals surface area (Å²) in [7, 11) is 0. The molecule has 0 amide bonds. The van der Waals surface area contributed by atoms with Crippen molar-refractivity contribution in [2.45, 2.75) is 52.3 Å². The molecule has 2 aromatic rings. The van der Waals surface area contributed by atoms with Crippen molar-refractivity contribution in [2.75, 3.05) is 6.61 Å². The Labute approximate surface area is 169 Å². The zero-order chi connectivity index (χ0) is 19.8. The maximum atomic E-state index is 6.41. The molecule has 3 rings (SSSR count). The van der Waals surface area contributed by atoms with Gasteiger partial charge in [0.1, 0.15) is 6.10 Å². The summed E-state index contributed by atoms with van der Waals surface area (Å²) in [6, 6.07) is 20.6. The summed E-state index contributed by atoms with van der Waals surface area (Å²) >= 11 is 0. The number of benzene rings is 2. The van der Waals surface area contributed by atoms with Crippen LogP contribution in [0.5, 0.6) is 0 Å². The van der Waals surface area contributed by atoms with Crippen LogP contribution in [0.2, 0.25) is 0 Å². The highest BCUT2D eigenvalue weighted by atomic mass is 16.6. The minimum Gasteiger partial charge on any atom is -0.374 e. The van der Waals surface area contributed by atoms with Crippen LogP contribution in [0.4, 0.5) is 0 Å². The maximum absolute atomic E-state index is 6.41. The lowest BCUT2D eigenvalue weighted by molar-refractivity contribution is -0.188. The first-order valence-corrected chi connectivity index (χ1v) is 10.2. The van der Waals surface area contributed by atoms with Gasteiger partial charge in [0.05, 0.1) is 32.0 Å². The fourth-order valence-electron chi connectivity index (χ4n) is 3.76. The molecule has 1 fully saturated rings. The molecule has 5 atom stereocenters. The highest BCUT2D eigenvalue weighted by Gasteiger charge is 2.41. The second kappa shape index (κ2) is 10.6. The van der Waals surface area contributed by atoms with Crippen molar-refractivity contribution < 1.29 is 14.2 Å². The van der Waals surface area contributed by atoms with Gasteiger partial charge in [0, 0.05) is 0 Å². The topological polar surface area (TPSA) is 27.7 Å². The number of ether oxygens (including phenoxy) is 3. The smallest absolute Gasteiger partial charge is 0.102 e. The SMILES string of the molecule is CC=C[C@H]1OC(COCc2ccccc2)[C@@H](C)[C@H](C)C1OCc1ccccc1. The van der Waals surface area contributed by atoms with Gasteiger partial charge in [-0.25, -0.2) is 0 Å². The summed E-state index contributed by atoms with van der Waals surface area (Å²) in [6.07, 6.45) is 4.22. The van der Waals surface area contributed by atoms with Gasteiger partial charge in [0.15, 0.2) is 0 Å². The monoisotopic (exact) mass is 380 g/mol. The zero-order valence-corrected chi connectivity index (χ0v) is 17.2. The van der Waals surface area contributed by atoms with Crippen molar-refractivity contribution >= 4 is 0 Å². The van der Waals surface area contributed by atoms with Crippen LogP contribution >= 0.6 is 0 Å². The van der Waals surface area contributed by atoms with E-state index in [1.165, 1.54) is 11.1 Å². The second-order valence-electron chi connectivity index (χ2n) is 7.65. The van der Waals surface area contributed by atoms with Crippen molar-refractivity contribution in [3.8, 4) is 0 Å². The van der Waals surface area contributed by atoms with E-state index in [2.05, 4.69) is 44.2 Å². The van der Waals surface area contributed by atoms with Crippen LogP contribution in [0.3, 0.4) is 0 Å². The van der Waals surface area contributed by atoms with Crippen molar-refractivity contribution in [2.24, 2.45) is 11.8 Å². The Balaban J connectivity index is 1.58. The molecule has 3 nitrogen and oxygen atoms in total. The molecule has 28 heavy (non-hydrogen) atoms. The van der Waals surface area contributed by atoms with E-state index in [4.69, 9.17) is 14.2 Å². The first kappa shape index (κ1) is 20.8. The fraction of sp³-hybridized carbons (Fsp3) is 0.440. The normalized spacial score (nSPS) is 27.9.